The van der Waals surface area contributed by atoms with Crippen LogP contribution in [0.4, 0.5) is 0 Å². The van der Waals surface area contributed by atoms with Crippen molar-refractivity contribution in [1.29, 1.82) is 0 Å². The van der Waals surface area contributed by atoms with Gasteiger partial charge in [0.05, 0.1) is 6.04 Å². The third kappa shape index (κ3) is 5.80. The SMILES string of the molecule is C[C@H](c1ccccc1)N1C(=O)[C@@H](N(Cc2ccccc2)Cc2ccccc2)[C@H]1C(=O)OC(C)(C)C. The molecule has 1 fully saturated rings. The minimum absolute atomic E-state index is 0.0518. The molecule has 5 nitrogen and oxygen atoms in total. The summed E-state index contributed by atoms with van der Waals surface area (Å²) in [5.74, 6) is -0.417. The van der Waals surface area contributed by atoms with E-state index in [1.807, 2.05) is 119 Å². The fraction of sp³-hybridized carbons (Fsp3) is 0.333. The Labute approximate surface area is 208 Å². The van der Waals surface area contributed by atoms with Crippen molar-refractivity contribution in [2.75, 3.05) is 0 Å². The van der Waals surface area contributed by atoms with Crippen LogP contribution in [-0.2, 0) is 27.4 Å². The lowest BCUT2D eigenvalue weighted by molar-refractivity contribution is -0.187. The van der Waals surface area contributed by atoms with E-state index in [1.54, 1.807) is 4.90 Å². The first-order valence-electron chi connectivity index (χ1n) is 12.2. The number of amides is 1. The fourth-order valence-corrected chi connectivity index (χ4v) is 4.67. The second kappa shape index (κ2) is 10.4. The maximum atomic E-state index is 13.8. The van der Waals surface area contributed by atoms with E-state index in [0.717, 1.165) is 16.7 Å². The number of carbonyl (C=O) groups is 2. The molecule has 0 aliphatic carbocycles. The van der Waals surface area contributed by atoms with Gasteiger partial charge in [0, 0.05) is 13.1 Å². The molecule has 1 aliphatic heterocycles. The zero-order chi connectivity index (χ0) is 25.0. The average Bonchev–Trinajstić information content (AvgIpc) is 2.83. The van der Waals surface area contributed by atoms with Crippen LogP contribution in [0.25, 0.3) is 0 Å². The second-order valence-corrected chi connectivity index (χ2v) is 10.1. The summed E-state index contributed by atoms with van der Waals surface area (Å²) in [6, 6.07) is 28.4. The Morgan fingerprint density at radius 1 is 0.857 bits per heavy atom. The van der Waals surface area contributed by atoms with E-state index < -0.39 is 17.7 Å². The largest absolute Gasteiger partial charge is 0.458 e. The molecule has 182 valence electrons. The predicted molar refractivity (Wildman–Crippen MR) is 137 cm³/mol. The lowest BCUT2D eigenvalue weighted by Crippen LogP contribution is -2.73. The Morgan fingerprint density at radius 3 is 1.77 bits per heavy atom. The number of nitrogens with zero attached hydrogens (tertiary/aromatic N) is 2. The third-order valence-electron chi connectivity index (χ3n) is 6.30. The molecule has 3 atom stereocenters. The Morgan fingerprint density at radius 2 is 1.31 bits per heavy atom. The van der Waals surface area contributed by atoms with Crippen molar-refractivity contribution < 1.29 is 14.3 Å². The van der Waals surface area contributed by atoms with E-state index in [9.17, 15) is 9.59 Å². The normalized spacial score (nSPS) is 18.8. The number of rotatable bonds is 8. The average molecular weight is 471 g/mol. The van der Waals surface area contributed by atoms with E-state index >= 15 is 0 Å². The summed E-state index contributed by atoms with van der Waals surface area (Å²) in [5.41, 5.74) is 2.53. The molecule has 35 heavy (non-hydrogen) atoms. The van der Waals surface area contributed by atoms with Crippen LogP contribution in [0.3, 0.4) is 0 Å². The van der Waals surface area contributed by atoms with Gasteiger partial charge < -0.3 is 9.64 Å². The van der Waals surface area contributed by atoms with Gasteiger partial charge in [0.25, 0.3) is 0 Å². The van der Waals surface area contributed by atoms with Gasteiger partial charge in [-0.1, -0.05) is 91.0 Å². The topological polar surface area (TPSA) is 49.9 Å². The second-order valence-electron chi connectivity index (χ2n) is 10.1. The number of likely N-dealkylation sites (tertiary alicyclic amines) is 1. The van der Waals surface area contributed by atoms with Crippen LogP contribution in [0.15, 0.2) is 91.0 Å². The molecule has 0 saturated carbocycles. The van der Waals surface area contributed by atoms with Crippen molar-refractivity contribution in [3.05, 3.63) is 108 Å². The molecule has 0 unspecified atom stereocenters. The number of ether oxygens (including phenoxy) is 1. The fourth-order valence-electron chi connectivity index (χ4n) is 4.67. The smallest absolute Gasteiger partial charge is 0.331 e. The molecule has 1 amide bonds. The molecule has 3 aromatic carbocycles. The van der Waals surface area contributed by atoms with Crippen LogP contribution >= 0.6 is 0 Å². The van der Waals surface area contributed by atoms with Gasteiger partial charge in [-0.15, -0.1) is 0 Å². The number of hydrogen-bond acceptors (Lipinski definition) is 4. The van der Waals surface area contributed by atoms with E-state index in [1.165, 1.54) is 0 Å². The van der Waals surface area contributed by atoms with Crippen LogP contribution in [0.5, 0.6) is 0 Å². The highest BCUT2D eigenvalue weighted by molar-refractivity contribution is 6.00. The van der Waals surface area contributed by atoms with E-state index in [-0.39, 0.29) is 17.9 Å². The molecule has 0 aromatic heterocycles. The summed E-state index contributed by atoms with van der Waals surface area (Å²) in [4.78, 5) is 31.1. The van der Waals surface area contributed by atoms with Gasteiger partial charge in [-0.05, 0) is 44.4 Å². The maximum Gasteiger partial charge on any atom is 0.331 e. The molecule has 1 aliphatic rings. The summed E-state index contributed by atoms with van der Waals surface area (Å²) in [5, 5.41) is 0. The van der Waals surface area contributed by atoms with Crippen LogP contribution in [-0.4, -0.2) is 39.4 Å². The molecule has 0 spiro atoms. The molecule has 0 radical (unpaired) electrons. The monoisotopic (exact) mass is 470 g/mol. The highest BCUT2D eigenvalue weighted by atomic mass is 16.6. The summed E-state index contributed by atoms with van der Waals surface area (Å²) in [7, 11) is 0. The number of carbonyl (C=O) groups excluding carboxylic acids is 2. The lowest BCUT2D eigenvalue weighted by Gasteiger charge is -2.52. The number of hydrogen-bond donors (Lipinski definition) is 0. The third-order valence-corrected chi connectivity index (χ3v) is 6.30. The van der Waals surface area contributed by atoms with Crippen LogP contribution in [0, 0.1) is 0 Å². The minimum atomic E-state index is -0.690. The van der Waals surface area contributed by atoms with Crippen LogP contribution < -0.4 is 0 Å². The van der Waals surface area contributed by atoms with Gasteiger partial charge in [-0.25, -0.2) is 4.79 Å². The summed E-state index contributed by atoms with van der Waals surface area (Å²) in [6.45, 7) is 8.66. The Kier molecular flexibility index (Phi) is 7.37. The highest BCUT2D eigenvalue weighted by Gasteiger charge is 2.57. The zero-order valence-corrected chi connectivity index (χ0v) is 20.9. The molecule has 5 heteroatoms. The molecule has 4 rings (SSSR count). The molecule has 1 heterocycles. The van der Waals surface area contributed by atoms with Gasteiger partial charge in [0.15, 0.2) is 6.04 Å². The maximum absolute atomic E-state index is 13.8. The molecular formula is C30H34N2O3. The minimum Gasteiger partial charge on any atom is -0.458 e. The van der Waals surface area contributed by atoms with E-state index in [0.29, 0.717) is 13.1 Å². The van der Waals surface area contributed by atoms with Crippen LogP contribution in [0.2, 0.25) is 0 Å². The van der Waals surface area contributed by atoms with Crippen molar-refractivity contribution in [2.45, 2.75) is 64.5 Å². The van der Waals surface area contributed by atoms with Crippen molar-refractivity contribution in [1.82, 2.24) is 9.80 Å². The van der Waals surface area contributed by atoms with Gasteiger partial charge in [0.1, 0.15) is 11.6 Å². The van der Waals surface area contributed by atoms with Gasteiger partial charge >= 0.3 is 5.97 Å². The first kappa shape index (κ1) is 24.7. The highest BCUT2D eigenvalue weighted by Crippen LogP contribution is 2.37. The van der Waals surface area contributed by atoms with Crippen molar-refractivity contribution in [2.24, 2.45) is 0 Å². The Hall–Kier alpha value is -3.44. The Bertz CT molecular complexity index is 1090. The summed E-state index contributed by atoms with van der Waals surface area (Å²) < 4.78 is 5.83. The van der Waals surface area contributed by atoms with Crippen molar-refractivity contribution in [3.63, 3.8) is 0 Å². The van der Waals surface area contributed by atoms with Crippen LogP contribution in [0.1, 0.15) is 50.4 Å². The van der Waals surface area contributed by atoms with E-state index in [4.69, 9.17) is 4.74 Å². The lowest BCUT2D eigenvalue weighted by atomic mass is 9.88. The summed E-state index contributed by atoms with van der Waals surface area (Å²) >= 11 is 0. The van der Waals surface area contributed by atoms with Crippen molar-refractivity contribution in [3.8, 4) is 0 Å². The number of β-lactam (4-membered cyclic amide) rings is 1. The summed E-state index contributed by atoms with van der Waals surface area (Å²) in [6.07, 6.45) is 0. The number of esters is 1. The molecule has 0 bridgehead atoms. The molecular weight excluding hydrogens is 436 g/mol. The van der Waals surface area contributed by atoms with Gasteiger partial charge in [-0.3, -0.25) is 9.69 Å². The first-order valence-corrected chi connectivity index (χ1v) is 12.2. The van der Waals surface area contributed by atoms with Crippen molar-refractivity contribution >= 4 is 11.9 Å². The number of benzene rings is 3. The van der Waals surface area contributed by atoms with Gasteiger partial charge in [-0.2, -0.15) is 0 Å². The molecule has 0 N–H and O–H groups in total. The molecule has 1 saturated heterocycles. The predicted octanol–water partition coefficient (Wildman–Crippen LogP) is 5.37. The standard InChI is InChI=1S/C30H34N2O3/c1-22(25-18-12-7-13-19-25)32-27(29(34)35-30(2,3)4)26(28(32)33)31(20-23-14-8-5-9-15-23)21-24-16-10-6-11-17-24/h5-19,22,26-27H,20-21H2,1-4H3/t22-,26+,27+/m1/s1. The molecule has 3 aromatic rings. The quantitative estimate of drug-likeness (QED) is 0.328. The van der Waals surface area contributed by atoms with E-state index in [2.05, 4.69) is 4.90 Å². The first-order chi connectivity index (χ1) is 16.7. The zero-order valence-electron chi connectivity index (χ0n) is 20.9. The van der Waals surface area contributed by atoms with Gasteiger partial charge in [0.2, 0.25) is 5.91 Å². The Balaban J connectivity index is 1.69.